The summed E-state index contributed by atoms with van der Waals surface area (Å²) in [6, 6.07) is 3.73. The van der Waals surface area contributed by atoms with Gasteiger partial charge in [-0.25, -0.2) is 0 Å². The van der Waals surface area contributed by atoms with E-state index in [-0.39, 0.29) is 6.29 Å². The average Bonchev–Trinajstić information content (AvgIpc) is 2.22. The third-order valence-electron chi connectivity index (χ3n) is 2.08. The molecule has 1 aromatic carbocycles. The highest BCUT2D eigenvalue weighted by molar-refractivity contribution is 9.10. The van der Waals surface area contributed by atoms with Gasteiger partial charge in [0.05, 0.1) is 5.02 Å². The molecule has 0 bridgehead atoms. The molecule has 0 radical (unpaired) electrons. The maximum Gasteiger partial charge on any atom is 0.191 e. The molecule has 0 aliphatic carbocycles. The van der Waals surface area contributed by atoms with Gasteiger partial charge >= 0.3 is 0 Å². The second-order valence-corrected chi connectivity index (χ2v) is 4.57. The Balaban J connectivity index is 2.74. The van der Waals surface area contributed by atoms with Crippen molar-refractivity contribution in [3.8, 4) is 5.75 Å². The lowest BCUT2D eigenvalue weighted by atomic mass is 10.2. The first-order valence-electron chi connectivity index (χ1n) is 4.72. The van der Waals surface area contributed by atoms with E-state index < -0.39 is 0 Å². The highest BCUT2D eigenvalue weighted by atomic mass is 79.9. The fourth-order valence-corrected chi connectivity index (χ4v) is 2.28. The maximum absolute atomic E-state index is 6.07. The Morgan fingerprint density at radius 2 is 1.94 bits per heavy atom. The largest absolute Gasteiger partial charge is 0.486 e. The topological polar surface area (TPSA) is 27.7 Å². The number of hydrogen-bond donors (Lipinski definition) is 0. The van der Waals surface area contributed by atoms with Gasteiger partial charge in [0.2, 0.25) is 0 Å². The Morgan fingerprint density at radius 1 is 1.31 bits per heavy atom. The van der Waals surface area contributed by atoms with Crippen LogP contribution in [0.5, 0.6) is 5.75 Å². The highest BCUT2D eigenvalue weighted by Crippen LogP contribution is 2.32. The predicted octanol–water partition coefficient (Wildman–Crippen LogP) is 3.41. The van der Waals surface area contributed by atoms with Crippen molar-refractivity contribution in [2.24, 2.45) is 0 Å². The first-order valence-corrected chi connectivity index (χ1v) is 5.89. The SMILES string of the molecule is COC(COc1c(C)cc(Br)cc1Cl)OC. The third-order valence-corrected chi connectivity index (χ3v) is 2.82. The van der Waals surface area contributed by atoms with Crippen molar-refractivity contribution in [1.29, 1.82) is 0 Å². The summed E-state index contributed by atoms with van der Waals surface area (Å²) in [7, 11) is 3.13. The van der Waals surface area contributed by atoms with Crippen molar-refractivity contribution < 1.29 is 14.2 Å². The number of halogens is 2. The van der Waals surface area contributed by atoms with Gasteiger partial charge in [0.25, 0.3) is 0 Å². The Bertz CT molecular complexity index is 330. The van der Waals surface area contributed by atoms with Crippen LogP contribution < -0.4 is 4.74 Å². The minimum atomic E-state index is -0.390. The summed E-state index contributed by atoms with van der Waals surface area (Å²) in [4.78, 5) is 0. The van der Waals surface area contributed by atoms with E-state index in [0.29, 0.717) is 17.4 Å². The summed E-state index contributed by atoms with van der Waals surface area (Å²) < 4.78 is 16.5. The van der Waals surface area contributed by atoms with Crippen LogP contribution in [0.2, 0.25) is 5.02 Å². The van der Waals surface area contributed by atoms with Gasteiger partial charge in [0.15, 0.2) is 6.29 Å². The lowest BCUT2D eigenvalue weighted by molar-refractivity contribution is -0.122. The normalized spacial score (nSPS) is 10.9. The summed E-state index contributed by atoms with van der Waals surface area (Å²) in [5, 5.41) is 0.567. The van der Waals surface area contributed by atoms with Crippen LogP contribution in [0.1, 0.15) is 5.56 Å². The minimum Gasteiger partial charge on any atom is -0.486 e. The van der Waals surface area contributed by atoms with Gasteiger partial charge in [-0.05, 0) is 24.6 Å². The molecule has 0 amide bonds. The molecule has 1 aromatic rings. The van der Waals surface area contributed by atoms with Crippen LogP contribution in [0.15, 0.2) is 16.6 Å². The molecule has 5 heteroatoms. The number of aryl methyl sites for hydroxylation is 1. The zero-order valence-corrected chi connectivity index (χ0v) is 11.8. The summed E-state index contributed by atoms with van der Waals surface area (Å²) >= 11 is 9.43. The lowest BCUT2D eigenvalue weighted by Crippen LogP contribution is -2.22. The number of rotatable bonds is 5. The molecule has 0 saturated heterocycles. The number of ether oxygens (including phenoxy) is 3. The highest BCUT2D eigenvalue weighted by Gasteiger charge is 2.11. The van der Waals surface area contributed by atoms with E-state index in [4.69, 9.17) is 25.8 Å². The van der Waals surface area contributed by atoms with Gasteiger partial charge in [-0.15, -0.1) is 0 Å². The van der Waals surface area contributed by atoms with Gasteiger partial charge in [-0.3, -0.25) is 0 Å². The van der Waals surface area contributed by atoms with E-state index in [0.717, 1.165) is 10.0 Å². The van der Waals surface area contributed by atoms with Crippen LogP contribution in [-0.2, 0) is 9.47 Å². The molecule has 16 heavy (non-hydrogen) atoms. The van der Waals surface area contributed by atoms with Crippen LogP contribution >= 0.6 is 27.5 Å². The van der Waals surface area contributed by atoms with E-state index in [1.165, 1.54) is 0 Å². The number of methoxy groups -OCH3 is 2. The van der Waals surface area contributed by atoms with Gasteiger partial charge in [0, 0.05) is 18.7 Å². The average molecular weight is 310 g/mol. The summed E-state index contributed by atoms with van der Waals surface area (Å²) in [6.45, 7) is 2.23. The molecular formula is C11H14BrClO3. The molecule has 0 aliphatic heterocycles. The molecule has 0 heterocycles. The molecule has 0 spiro atoms. The van der Waals surface area contributed by atoms with E-state index in [9.17, 15) is 0 Å². The monoisotopic (exact) mass is 308 g/mol. The van der Waals surface area contributed by atoms with E-state index in [1.807, 2.05) is 13.0 Å². The molecule has 3 nitrogen and oxygen atoms in total. The Labute approximate surface area is 109 Å². The zero-order valence-electron chi connectivity index (χ0n) is 9.42. The van der Waals surface area contributed by atoms with E-state index in [2.05, 4.69) is 15.9 Å². The van der Waals surface area contributed by atoms with Crippen molar-refractivity contribution in [3.63, 3.8) is 0 Å². The molecule has 0 fully saturated rings. The van der Waals surface area contributed by atoms with Crippen LogP contribution in [0.25, 0.3) is 0 Å². The third kappa shape index (κ3) is 3.63. The Kier molecular flexibility index (Phi) is 5.55. The van der Waals surface area contributed by atoms with Crippen molar-refractivity contribution in [1.82, 2.24) is 0 Å². The fourth-order valence-electron chi connectivity index (χ4n) is 1.26. The molecule has 1 rings (SSSR count). The quantitative estimate of drug-likeness (QED) is 0.780. The first-order chi connectivity index (χ1) is 7.58. The van der Waals surface area contributed by atoms with Crippen molar-refractivity contribution >= 4 is 27.5 Å². The lowest BCUT2D eigenvalue weighted by Gasteiger charge is -2.16. The second kappa shape index (κ2) is 6.45. The first kappa shape index (κ1) is 13.8. The predicted molar refractivity (Wildman–Crippen MR) is 67.2 cm³/mol. The molecule has 0 unspecified atom stereocenters. The molecular weight excluding hydrogens is 295 g/mol. The van der Waals surface area contributed by atoms with Crippen LogP contribution in [-0.4, -0.2) is 27.1 Å². The van der Waals surface area contributed by atoms with Crippen LogP contribution in [0, 0.1) is 6.92 Å². The molecule has 0 aliphatic rings. The minimum absolute atomic E-state index is 0.301. The maximum atomic E-state index is 6.07. The van der Waals surface area contributed by atoms with Crippen LogP contribution in [0.4, 0.5) is 0 Å². The Morgan fingerprint density at radius 3 is 2.44 bits per heavy atom. The molecule has 0 saturated carbocycles. The van der Waals surface area contributed by atoms with Gasteiger partial charge in [-0.1, -0.05) is 27.5 Å². The van der Waals surface area contributed by atoms with Crippen LogP contribution in [0.3, 0.4) is 0 Å². The second-order valence-electron chi connectivity index (χ2n) is 3.25. The van der Waals surface area contributed by atoms with E-state index in [1.54, 1.807) is 20.3 Å². The molecule has 90 valence electrons. The van der Waals surface area contributed by atoms with Gasteiger partial charge in [0.1, 0.15) is 12.4 Å². The van der Waals surface area contributed by atoms with Crippen molar-refractivity contribution in [2.75, 3.05) is 20.8 Å². The molecule has 0 N–H and O–H groups in total. The van der Waals surface area contributed by atoms with Crippen molar-refractivity contribution in [2.45, 2.75) is 13.2 Å². The van der Waals surface area contributed by atoms with E-state index >= 15 is 0 Å². The fraction of sp³-hybridized carbons (Fsp3) is 0.455. The smallest absolute Gasteiger partial charge is 0.191 e. The van der Waals surface area contributed by atoms with Crippen molar-refractivity contribution in [3.05, 3.63) is 27.2 Å². The Hall–Kier alpha value is -0.290. The van der Waals surface area contributed by atoms with Gasteiger partial charge in [-0.2, -0.15) is 0 Å². The number of benzene rings is 1. The van der Waals surface area contributed by atoms with Gasteiger partial charge < -0.3 is 14.2 Å². The summed E-state index contributed by atoms with van der Waals surface area (Å²) in [5.41, 5.74) is 0.963. The number of hydrogen-bond acceptors (Lipinski definition) is 3. The standard InChI is InChI=1S/C11H14BrClO3/c1-7-4-8(12)5-9(13)11(7)16-6-10(14-2)15-3/h4-5,10H,6H2,1-3H3. The zero-order chi connectivity index (χ0) is 12.1. The molecule has 0 atom stereocenters. The summed E-state index contributed by atoms with van der Waals surface area (Å²) in [5.74, 6) is 0.656. The summed E-state index contributed by atoms with van der Waals surface area (Å²) in [6.07, 6.45) is -0.390. The molecule has 0 aromatic heterocycles.